The lowest BCUT2D eigenvalue weighted by Crippen LogP contribution is -1.89. The highest BCUT2D eigenvalue weighted by Crippen LogP contribution is 2.44. The predicted octanol–water partition coefficient (Wildman–Crippen LogP) is 9.20. The van der Waals surface area contributed by atoms with Gasteiger partial charge in [0.05, 0.1) is 0 Å². The highest BCUT2D eigenvalue weighted by molar-refractivity contribution is 6.39. The summed E-state index contributed by atoms with van der Waals surface area (Å²) in [4.78, 5) is 0. The zero-order valence-electron chi connectivity index (χ0n) is 17.4. The fourth-order valence-electron chi connectivity index (χ4n) is 5.95. The van der Waals surface area contributed by atoms with E-state index in [1.807, 2.05) is 0 Å². The molecule has 146 valence electrons. The Bertz CT molecular complexity index is 2020. The van der Waals surface area contributed by atoms with Crippen LogP contribution in [0.15, 0.2) is 109 Å². The van der Waals surface area contributed by atoms with Crippen molar-refractivity contribution in [1.29, 1.82) is 0 Å². The van der Waals surface area contributed by atoms with Gasteiger partial charge < -0.3 is 0 Å². The summed E-state index contributed by atoms with van der Waals surface area (Å²) < 4.78 is 0. The van der Waals surface area contributed by atoms with E-state index in [4.69, 9.17) is 0 Å². The summed E-state index contributed by atoms with van der Waals surface area (Å²) in [6, 6.07) is 40.6. The Kier molecular flexibility index (Phi) is 2.97. The summed E-state index contributed by atoms with van der Waals surface area (Å²) in [6.45, 7) is 0. The predicted molar refractivity (Wildman–Crippen MR) is 140 cm³/mol. The van der Waals surface area contributed by atoms with E-state index < -0.39 is 0 Å². The lowest BCUT2D eigenvalue weighted by molar-refractivity contribution is 1.79. The van der Waals surface area contributed by atoms with E-state index in [-0.39, 0.29) is 0 Å². The van der Waals surface area contributed by atoms with Crippen LogP contribution in [-0.2, 0) is 0 Å². The van der Waals surface area contributed by atoms with Gasteiger partial charge in [0.25, 0.3) is 0 Å². The molecule has 0 fully saturated rings. The van der Waals surface area contributed by atoms with Gasteiger partial charge in [-0.2, -0.15) is 0 Å². The quantitative estimate of drug-likeness (QED) is 0.175. The molecular weight excluding hydrogens is 384 g/mol. The molecule has 0 spiro atoms. The van der Waals surface area contributed by atoms with Gasteiger partial charge in [0, 0.05) is 0 Å². The van der Waals surface area contributed by atoms with Crippen LogP contribution in [0.5, 0.6) is 0 Å². The number of hydrogen-bond donors (Lipinski definition) is 0. The molecule has 0 nitrogen and oxygen atoms in total. The number of hydrogen-bond acceptors (Lipinski definition) is 0. The largest absolute Gasteiger partial charge is 0.0616 e. The average Bonchev–Trinajstić information content (AvgIpc) is 2.85. The Morgan fingerprint density at radius 2 is 0.844 bits per heavy atom. The molecule has 0 radical (unpaired) electrons. The summed E-state index contributed by atoms with van der Waals surface area (Å²) in [5.41, 5.74) is 0. The molecule has 0 N–H and O–H groups in total. The molecule has 0 heteroatoms. The van der Waals surface area contributed by atoms with Gasteiger partial charge in [-0.25, -0.2) is 0 Å². The van der Waals surface area contributed by atoms with Crippen LogP contribution < -0.4 is 0 Å². The van der Waals surface area contributed by atoms with Crippen LogP contribution in [0.3, 0.4) is 0 Å². The van der Waals surface area contributed by atoms with Crippen molar-refractivity contribution in [2.45, 2.75) is 0 Å². The minimum atomic E-state index is 1.29. The lowest BCUT2D eigenvalue weighted by atomic mass is 9.86. The number of benzene rings is 8. The second-order valence-electron chi connectivity index (χ2n) is 8.95. The first-order valence-corrected chi connectivity index (χ1v) is 11.2. The van der Waals surface area contributed by atoms with Crippen molar-refractivity contribution < 1.29 is 0 Å². The molecule has 0 atom stereocenters. The van der Waals surface area contributed by atoms with E-state index in [1.54, 1.807) is 0 Å². The van der Waals surface area contributed by atoms with Crippen LogP contribution in [0.25, 0.3) is 75.4 Å². The van der Waals surface area contributed by atoms with E-state index in [2.05, 4.69) is 109 Å². The van der Waals surface area contributed by atoms with Gasteiger partial charge in [-0.3, -0.25) is 0 Å². The summed E-state index contributed by atoms with van der Waals surface area (Å²) in [5, 5.41) is 18.7. The Morgan fingerprint density at radius 1 is 0.250 bits per heavy atom. The van der Waals surface area contributed by atoms with E-state index in [0.717, 1.165) is 0 Å². The first kappa shape index (κ1) is 16.5. The van der Waals surface area contributed by atoms with Crippen molar-refractivity contribution in [2.75, 3.05) is 0 Å². The third-order valence-corrected chi connectivity index (χ3v) is 7.31. The van der Waals surface area contributed by atoms with E-state index in [9.17, 15) is 0 Å². The molecule has 0 saturated heterocycles. The third kappa shape index (κ3) is 1.98. The maximum absolute atomic E-state index is 2.41. The molecular formula is C32H18. The van der Waals surface area contributed by atoms with Crippen LogP contribution in [0.2, 0.25) is 0 Å². The number of fused-ring (bicyclic) bond motifs is 7. The summed E-state index contributed by atoms with van der Waals surface area (Å²) in [6.07, 6.45) is 0. The molecule has 0 heterocycles. The van der Waals surface area contributed by atoms with Gasteiger partial charge in [0.1, 0.15) is 0 Å². The third-order valence-electron chi connectivity index (χ3n) is 7.31. The molecule has 8 aromatic carbocycles. The van der Waals surface area contributed by atoms with E-state index in [0.29, 0.717) is 0 Å². The van der Waals surface area contributed by atoms with Crippen LogP contribution in [-0.4, -0.2) is 0 Å². The molecule has 0 amide bonds. The SMILES string of the molecule is c1ccc2cc3c(ccc4c3cc3cccc5c6cccc7cccc(c76)c4c35)cc2c1. The zero-order chi connectivity index (χ0) is 20.8. The van der Waals surface area contributed by atoms with E-state index >= 15 is 0 Å². The van der Waals surface area contributed by atoms with Crippen molar-refractivity contribution in [3.63, 3.8) is 0 Å². The van der Waals surface area contributed by atoms with Gasteiger partial charge in [-0.05, 0) is 93.6 Å². The van der Waals surface area contributed by atoms with Crippen molar-refractivity contribution in [2.24, 2.45) is 0 Å². The highest BCUT2D eigenvalue weighted by Gasteiger charge is 2.16. The summed E-state index contributed by atoms with van der Waals surface area (Å²) in [7, 11) is 0. The fraction of sp³-hybridized carbons (Fsp3) is 0. The summed E-state index contributed by atoms with van der Waals surface area (Å²) in [5.74, 6) is 0. The van der Waals surface area contributed by atoms with Crippen molar-refractivity contribution in [3.8, 4) is 0 Å². The van der Waals surface area contributed by atoms with Crippen molar-refractivity contribution in [1.82, 2.24) is 0 Å². The van der Waals surface area contributed by atoms with Crippen molar-refractivity contribution >= 4 is 75.4 Å². The standard InChI is InChI=1S/C32H18/c1-2-7-21-17-28-22(16-20(21)6-1)14-15-26-29(28)18-23-10-5-12-25-24-11-3-8-19-9-4-13-27(30(19)24)32(26)31(23)25/h1-18H. The molecule has 0 aromatic heterocycles. The smallest absolute Gasteiger partial charge is 0.00139 e. The van der Waals surface area contributed by atoms with Crippen LogP contribution in [0, 0.1) is 0 Å². The maximum Gasteiger partial charge on any atom is -0.00139 e. The van der Waals surface area contributed by atoms with Gasteiger partial charge in [0.2, 0.25) is 0 Å². The first-order valence-electron chi connectivity index (χ1n) is 11.2. The summed E-state index contributed by atoms with van der Waals surface area (Å²) >= 11 is 0. The Balaban J connectivity index is 1.72. The Labute approximate surface area is 184 Å². The second-order valence-corrected chi connectivity index (χ2v) is 8.95. The fourth-order valence-corrected chi connectivity index (χ4v) is 5.95. The molecule has 0 unspecified atom stereocenters. The molecule has 0 aliphatic carbocycles. The molecule has 0 aliphatic rings. The topological polar surface area (TPSA) is 0 Å². The Hall–Kier alpha value is -4.16. The van der Waals surface area contributed by atoms with Crippen molar-refractivity contribution in [3.05, 3.63) is 109 Å². The van der Waals surface area contributed by atoms with Gasteiger partial charge in [-0.1, -0.05) is 91.0 Å². The van der Waals surface area contributed by atoms with Crippen LogP contribution >= 0.6 is 0 Å². The highest BCUT2D eigenvalue weighted by atomic mass is 14.2. The molecule has 8 rings (SSSR count). The second kappa shape index (κ2) is 5.75. The average molecular weight is 402 g/mol. The van der Waals surface area contributed by atoms with Gasteiger partial charge >= 0.3 is 0 Å². The minimum absolute atomic E-state index is 1.29. The molecule has 32 heavy (non-hydrogen) atoms. The molecule has 8 aromatic rings. The van der Waals surface area contributed by atoms with Crippen LogP contribution in [0.4, 0.5) is 0 Å². The van der Waals surface area contributed by atoms with E-state index in [1.165, 1.54) is 75.4 Å². The monoisotopic (exact) mass is 402 g/mol. The van der Waals surface area contributed by atoms with Gasteiger partial charge in [0.15, 0.2) is 0 Å². The minimum Gasteiger partial charge on any atom is -0.0616 e. The maximum atomic E-state index is 2.41. The molecule has 0 bridgehead atoms. The normalized spacial score (nSPS) is 12.4. The Morgan fingerprint density at radius 3 is 1.66 bits per heavy atom. The molecule has 0 aliphatic heterocycles. The number of rotatable bonds is 0. The lowest BCUT2D eigenvalue weighted by Gasteiger charge is -2.17. The first-order chi connectivity index (χ1) is 15.9. The van der Waals surface area contributed by atoms with Gasteiger partial charge in [-0.15, -0.1) is 0 Å². The molecule has 0 saturated carbocycles. The van der Waals surface area contributed by atoms with Crippen LogP contribution in [0.1, 0.15) is 0 Å². The zero-order valence-corrected chi connectivity index (χ0v) is 17.4.